The molecule has 0 spiro atoms. The summed E-state index contributed by atoms with van der Waals surface area (Å²) in [6, 6.07) is 0. The number of unbranched alkanes of at least 4 members (excludes halogenated alkanes) is 3. The van der Waals surface area contributed by atoms with Crippen molar-refractivity contribution in [3.8, 4) is 0 Å². The van der Waals surface area contributed by atoms with Crippen molar-refractivity contribution >= 4 is 0 Å². The summed E-state index contributed by atoms with van der Waals surface area (Å²) in [6.45, 7) is 5.06. The molecule has 0 aliphatic heterocycles. The molecule has 0 aliphatic carbocycles. The summed E-state index contributed by atoms with van der Waals surface area (Å²) >= 11 is 0. The second-order valence-corrected chi connectivity index (χ2v) is 2.88. The summed E-state index contributed by atoms with van der Waals surface area (Å²) in [6.07, 6.45) is 6.30. The van der Waals surface area contributed by atoms with E-state index < -0.39 is 0 Å². The van der Waals surface area contributed by atoms with E-state index in [4.69, 9.17) is 4.74 Å². The molecule has 0 rings (SSSR count). The average Bonchev–Trinajstić information content (AvgIpc) is 2.03. The van der Waals surface area contributed by atoms with Crippen LogP contribution in [0.4, 0.5) is 0 Å². The zero-order valence-electron chi connectivity index (χ0n) is 7.77. The Morgan fingerprint density at radius 2 is 1.73 bits per heavy atom. The standard InChI is InChI=1S/C9H21NO/c1-2-3-4-5-8-11-9-6-7-10/h2-10H2,1H3/p+1. The fourth-order valence-electron chi connectivity index (χ4n) is 0.937. The fraction of sp³-hybridized carbons (Fsp3) is 1.00. The summed E-state index contributed by atoms with van der Waals surface area (Å²) in [7, 11) is 0. The SMILES string of the molecule is CCCCCCOCCC[NH3+]. The molecule has 0 heterocycles. The Morgan fingerprint density at radius 3 is 2.36 bits per heavy atom. The molecule has 3 N–H and O–H groups in total. The highest BCUT2D eigenvalue weighted by atomic mass is 16.5. The number of quaternary nitrogens is 1. The van der Waals surface area contributed by atoms with Crippen molar-refractivity contribution in [1.29, 1.82) is 0 Å². The Balaban J connectivity index is 2.69. The molecule has 0 aromatic carbocycles. The highest BCUT2D eigenvalue weighted by molar-refractivity contribution is 4.39. The lowest BCUT2D eigenvalue weighted by Crippen LogP contribution is -2.50. The van der Waals surface area contributed by atoms with Crippen LogP contribution >= 0.6 is 0 Å². The second-order valence-electron chi connectivity index (χ2n) is 2.88. The molecule has 0 aromatic heterocycles. The van der Waals surface area contributed by atoms with Crippen LogP contribution in [0.3, 0.4) is 0 Å². The third kappa shape index (κ3) is 9.92. The van der Waals surface area contributed by atoms with Crippen molar-refractivity contribution in [3.63, 3.8) is 0 Å². The Labute approximate surface area is 70.1 Å². The molecule has 0 saturated heterocycles. The van der Waals surface area contributed by atoms with E-state index in [2.05, 4.69) is 12.7 Å². The molecule has 0 unspecified atom stereocenters. The minimum Gasteiger partial charge on any atom is -0.381 e. The molecular formula is C9H22NO+. The maximum atomic E-state index is 5.38. The first-order valence-corrected chi connectivity index (χ1v) is 4.78. The van der Waals surface area contributed by atoms with E-state index in [1.807, 2.05) is 0 Å². The molecule has 68 valence electrons. The molecule has 0 aromatic rings. The van der Waals surface area contributed by atoms with Gasteiger partial charge in [0.15, 0.2) is 0 Å². The van der Waals surface area contributed by atoms with Crippen LogP contribution in [0, 0.1) is 0 Å². The number of hydrogen-bond acceptors (Lipinski definition) is 1. The Kier molecular flexibility index (Phi) is 9.85. The Bertz CT molecular complexity index is 58.6. The van der Waals surface area contributed by atoms with Gasteiger partial charge in [-0.05, 0) is 6.42 Å². The van der Waals surface area contributed by atoms with E-state index in [9.17, 15) is 0 Å². The van der Waals surface area contributed by atoms with Crippen LogP contribution in [0.5, 0.6) is 0 Å². The third-order valence-corrected chi connectivity index (χ3v) is 1.68. The van der Waals surface area contributed by atoms with Crippen LogP contribution < -0.4 is 5.73 Å². The maximum Gasteiger partial charge on any atom is 0.0762 e. The first-order chi connectivity index (χ1) is 5.41. The summed E-state index contributed by atoms with van der Waals surface area (Å²) in [5, 5.41) is 0. The third-order valence-electron chi connectivity index (χ3n) is 1.68. The van der Waals surface area contributed by atoms with Crippen LogP contribution in [-0.2, 0) is 4.74 Å². The molecule has 0 fully saturated rings. The normalized spacial score (nSPS) is 10.4. The average molecular weight is 160 g/mol. The van der Waals surface area contributed by atoms with Gasteiger partial charge in [0.2, 0.25) is 0 Å². The number of rotatable bonds is 8. The lowest BCUT2D eigenvalue weighted by molar-refractivity contribution is -0.369. The predicted octanol–water partition coefficient (Wildman–Crippen LogP) is 1.22. The van der Waals surface area contributed by atoms with E-state index >= 15 is 0 Å². The molecule has 0 aliphatic rings. The van der Waals surface area contributed by atoms with Crippen LogP contribution in [0.25, 0.3) is 0 Å². The molecule has 2 heteroatoms. The van der Waals surface area contributed by atoms with Gasteiger partial charge in [-0.15, -0.1) is 0 Å². The van der Waals surface area contributed by atoms with Gasteiger partial charge in [0.25, 0.3) is 0 Å². The zero-order valence-corrected chi connectivity index (χ0v) is 7.77. The van der Waals surface area contributed by atoms with Crippen molar-refractivity contribution in [2.24, 2.45) is 0 Å². The number of hydrogen-bond donors (Lipinski definition) is 1. The topological polar surface area (TPSA) is 36.9 Å². The van der Waals surface area contributed by atoms with E-state index in [-0.39, 0.29) is 0 Å². The van der Waals surface area contributed by atoms with Crippen LogP contribution in [0.15, 0.2) is 0 Å². The van der Waals surface area contributed by atoms with Crippen LogP contribution in [0.2, 0.25) is 0 Å². The largest absolute Gasteiger partial charge is 0.381 e. The van der Waals surface area contributed by atoms with Gasteiger partial charge in [0.05, 0.1) is 13.2 Å². The van der Waals surface area contributed by atoms with Crippen molar-refractivity contribution < 1.29 is 10.5 Å². The number of ether oxygens (including phenoxy) is 1. The molecule has 2 nitrogen and oxygen atoms in total. The summed E-state index contributed by atoms with van der Waals surface area (Å²) in [4.78, 5) is 0. The molecule has 0 amide bonds. The monoisotopic (exact) mass is 160 g/mol. The van der Waals surface area contributed by atoms with E-state index in [1.165, 1.54) is 25.7 Å². The first-order valence-electron chi connectivity index (χ1n) is 4.78. The highest BCUT2D eigenvalue weighted by Crippen LogP contribution is 1.98. The second kappa shape index (κ2) is 9.92. The zero-order chi connectivity index (χ0) is 8.36. The molecule has 0 radical (unpaired) electrons. The molecule has 0 atom stereocenters. The first kappa shape index (κ1) is 10.9. The fourth-order valence-corrected chi connectivity index (χ4v) is 0.937. The van der Waals surface area contributed by atoms with Gasteiger partial charge in [-0.2, -0.15) is 0 Å². The van der Waals surface area contributed by atoms with Gasteiger partial charge >= 0.3 is 0 Å². The molecule has 0 bridgehead atoms. The highest BCUT2D eigenvalue weighted by Gasteiger charge is 1.88. The smallest absolute Gasteiger partial charge is 0.0762 e. The van der Waals surface area contributed by atoms with Crippen molar-refractivity contribution in [2.75, 3.05) is 19.8 Å². The lowest BCUT2D eigenvalue weighted by atomic mass is 10.2. The Morgan fingerprint density at radius 1 is 1.00 bits per heavy atom. The van der Waals surface area contributed by atoms with E-state index in [0.717, 1.165) is 26.2 Å². The summed E-state index contributed by atoms with van der Waals surface area (Å²) < 4.78 is 5.38. The Hall–Kier alpha value is -0.0800. The van der Waals surface area contributed by atoms with Gasteiger partial charge in [0, 0.05) is 13.0 Å². The van der Waals surface area contributed by atoms with Gasteiger partial charge < -0.3 is 10.5 Å². The lowest BCUT2D eigenvalue weighted by Gasteiger charge is -2.01. The maximum absolute atomic E-state index is 5.38. The van der Waals surface area contributed by atoms with Crippen molar-refractivity contribution in [2.45, 2.75) is 39.0 Å². The summed E-state index contributed by atoms with van der Waals surface area (Å²) in [5.74, 6) is 0. The van der Waals surface area contributed by atoms with Gasteiger partial charge in [-0.25, -0.2) is 0 Å². The van der Waals surface area contributed by atoms with E-state index in [1.54, 1.807) is 0 Å². The van der Waals surface area contributed by atoms with Crippen molar-refractivity contribution in [3.05, 3.63) is 0 Å². The summed E-state index contributed by atoms with van der Waals surface area (Å²) in [5.41, 5.74) is 3.75. The van der Waals surface area contributed by atoms with Gasteiger partial charge in [0.1, 0.15) is 0 Å². The van der Waals surface area contributed by atoms with Crippen LogP contribution in [-0.4, -0.2) is 19.8 Å². The minimum absolute atomic E-state index is 0.898. The predicted molar refractivity (Wildman–Crippen MR) is 47.3 cm³/mol. The minimum atomic E-state index is 0.898. The molecule has 11 heavy (non-hydrogen) atoms. The quantitative estimate of drug-likeness (QED) is 0.532. The molecular weight excluding hydrogens is 138 g/mol. The van der Waals surface area contributed by atoms with Crippen LogP contribution in [0.1, 0.15) is 39.0 Å². The van der Waals surface area contributed by atoms with E-state index in [0.29, 0.717) is 0 Å². The van der Waals surface area contributed by atoms with Gasteiger partial charge in [-0.1, -0.05) is 26.2 Å². The van der Waals surface area contributed by atoms with Crippen molar-refractivity contribution in [1.82, 2.24) is 0 Å². The molecule has 0 saturated carbocycles. The van der Waals surface area contributed by atoms with Gasteiger partial charge in [-0.3, -0.25) is 0 Å².